The van der Waals surface area contributed by atoms with E-state index in [0.29, 0.717) is 5.75 Å². The molecule has 5 heteroatoms. The van der Waals surface area contributed by atoms with Crippen LogP contribution in [0.5, 0.6) is 11.5 Å². The standard InChI is InChI=1S/C30H37BO4/c1-21-9-17-25(18-10-21)32-27(22-11-13-23(14-12-22)28(2,3)4)33-26-19-15-24(16-20-26)31-34-29(5,6)30(7,8)35-31/h9-20,27H,1-8H3. The van der Waals surface area contributed by atoms with Gasteiger partial charge in [0.1, 0.15) is 11.5 Å². The third kappa shape index (κ3) is 5.74. The van der Waals surface area contributed by atoms with Crippen LogP contribution in [0.25, 0.3) is 0 Å². The highest BCUT2D eigenvalue weighted by atomic mass is 16.7. The van der Waals surface area contributed by atoms with Crippen molar-refractivity contribution in [3.8, 4) is 11.5 Å². The van der Waals surface area contributed by atoms with Gasteiger partial charge in [0.15, 0.2) is 0 Å². The average Bonchev–Trinajstić information content (AvgIpc) is 3.01. The quantitative estimate of drug-likeness (QED) is 0.294. The van der Waals surface area contributed by atoms with E-state index in [2.05, 4.69) is 79.7 Å². The van der Waals surface area contributed by atoms with Gasteiger partial charge in [0, 0.05) is 5.56 Å². The Morgan fingerprint density at radius 3 is 1.60 bits per heavy atom. The summed E-state index contributed by atoms with van der Waals surface area (Å²) < 4.78 is 25.0. The van der Waals surface area contributed by atoms with Gasteiger partial charge in [-0.15, -0.1) is 0 Å². The fraction of sp³-hybridized carbons (Fsp3) is 0.400. The molecule has 0 aliphatic carbocycles. The van der Waals surface area contributed by atoms with Gasteiger partial charge in [-0.2, -0.15) is 0 Å². The molecule has 1 saturated heterocycles. The first-order valence-electron chi connectivity index (χ1n) is 12.3. The number of ether oxygens (including phenoxy) is 2. The molecule has 1 fully saturated rings. The van der Waals surface area contributed by atoms with Gasteiger partial charge >= 0.3 is 7.12 Å². The largest absolute Gasteiger partial charge is 0.494 e. The van der Waals surface area contributed by atoms with Crippen LogP contribution in [0.1, 0.15) is 71.4 Å². The fourth-order valence-corrected chi connectivity index (χ4v) is 3.85. The van der Waals surface area contributed by atoms with Crippen LogP contribution in [0.3, 0.4) is 0 Å². The summed E-state index contributed by atoms with van der Waals surface area (Å²) in [6.07, 6.45) is -0.588. The van der Waals surface area contributed by atoms with Gasteiger partial charge < -0.3 is 18.8 Å². The third-order valence-corrected chi connectivity index (χ3v) is 6.96. The van der Waals surface area contributed by atoms with Gasteiger partial charge in [0.05, 0.1) is 11.2 Å². The maximum Gasteiger partial charge on any atom is 0.494 e. The molecular weight excluding hydrogens is 435 g/mol. The van der Waals surface area contributed by atoms with E-state index < -0.39 is 13.4 Å². The molecule has 184 valence electrons. The topological polar surface area (TPSA) is 36.9 Å². The van der Waals surface area contributed by atoms with Crippen LogP contribution >= 0.6 is 0 Å². The van der Waals surface area contributed by atoms with Gasteiger partial charge in [0.25, 0.3) is 6.29 Å². The van der Waals surface area contributed by atoms with Gasteiger partial charge in [0.2, 0.25) is 0 Å². The average molecular weight is 472 g/mol. The minimum absolute atomic E-state index is 0.0794. The first-order chi connectivity index (χ1) is 16.3. The molecule has 0 aromatic heterocycles. The Morgan fingerprint density at radius 2 is 1.14 bits per heavy atom. The molecule has 1 atom stereocenters. The fourth-order valence-electron chi connectivity index (χ4n) is 3.85. The molecule has 0 amide bonds. The van der Waals surface area contributed by atoms with Crippen molar-refractivity contribution in [3.05, 3.63) is 89.5 Å². The highest BCUT2D eigenvalue weighted by molar-refractivity contribution is 6.62. The predicted molar refractivity (Wildman–Crippen MR) is 142 cm³/mol. The molecule has 1 aliphatic rings. The zero-order chi connectivity index (χ0) is 25.4. The van der Waals surface area contributed by atoms with Crippen molar-refractivity contribution in [1.82, 2.24) is 0 Å². The van der Waals surface area contributed by atoms with Crippen LogP contribution in [-0.4, -0.2) is 18.3 Å². The van der Waals surface area contributed by atoms with Crippen molar-refractivity contribution in [1.29, 1.82) is 0 Å². The van der Waals surface area contributed by atoms with E-state index >= 15 is 0 Å². The highest BCUT2D eigenvalue weighted by Crippen LogP contribution is 2.36. The van der Waals surface area contributed by atoms with E-state index in [9.17, 15) is 0 Å². The van der Waals surface area contributed by atoms with E-state index in [1.807, 2.05) is 48.5 Å². The van der Waals surface area contributed by atoms with Crippen molar-refractivity contribution in [2.24, 2.45) is 0 Å². The summed E-state index contributed by atoms with van der Waals surface area (Å²) in [5.41, 5.74) is 3.69. The summed E-state index contributed by atoms with van der Waals surface area (Å²) >= 11 is 0. The number of hydrogen-bond acceptors (Lipinski definition) is 4. The van der Waals surface area contributed by atoms with E-state index in [4.69, 9.17) is 18.8 Å². The Labute approximate surface area is 210 Å². The van der Waals surface area contributed by atoms with Crippen molar-refractivity contribution >= 4 is 12.6 Å². The molecule has 1 aliphatic heterocycles. The summed E-state index contributed by atoms with van der Waals surface area (Å²) in [6.45, 7) is 16.9. The number of aryl methyl sites for hydroxylation is 1. The van der Waals surface area contributed by atoms with Gasteiger partial charge in [-0.1, -0.05) is 74.9 Å². The Bertz CT molecular complexity index is 1110. The zero-order valence-electron chi connectivity index (χ0n) is 22.2. The monoisotopic (exact) mass is 472 g/mol. The van der Waals surface area contributed by atoms with Crippen LogP contribution in [-0.2, 0) is 14.7 Å². The van der Waals surface area contributed by atoms with E-state index in [-0.39, 0.29) is 16.6 Å². The molecule has 0 spiro atoms. The molecule has 35 heavy (non-hydrogen) atoms. The van der Waals surface area contributed by atoms with Crippen LogP contribution in [0.15, 0.2) is 72.8 Å². The minimum Gasteiger partial charge on any atom is -0.451 e. The van der Waals surface area contributed by atoms with Crippen LogP contribution in [0.2, 0.25) is 0 Å². The van der Waals surface area contributed by atoms with Crippen LogP contribution in [0, 0.1) is 6.92 Å². The van der Waals surface area contributed by atoms with Crippen molar-refractivity contribution in [2.75, 3.05) is 0 Å². The molecule has 0 saturated carbocycles. The Morgan fingerprint density at radius 1 is 0.686 bits per heavy atom. The minimum atomic E-state index is -0.588. The Balaban J connectivity index is 1.55. The summed E-state index contributed by atoms with van der Waals surface area (Å²) in [5, 5.41) is 0. The smallest absolute Gasteiger partial charge is 0.451 e. The maximum absolute atomic E-state index is 6.36. The second-order valence-electron chi connectivity index (χ2n) is 11.4. The highest BCUT2D eigenvalue weighted by Gasteiger charge is 2.51. The Hall–Kier alpha value is -2.76. The molecule has 0 radical (unpaired) electrons. The van der Waals surface area contributed by atoms with Gasteiger partial charge in [-0.25, -0.2) is 0 Å². The lowest BCUT2D eigenvalue weighted by molar-refractivity contribution is 0.00379. The van der Waals surface area contributed by atoms with Gasteiger partial charge in [-0.3, -0.25) is 0 Å². The second-order valence-corrected chi connectivity index (χ2v) is 11.4. The molecule has 3 aromatic carbocycles. The maximum atomic E-state index is 6.36. The SMILES string of the molecule is Cc1ccc(OC(Oc2ccc(B3OC(C)(C)C(C)(C)O3)cc2)c2ccc(C(C)(C)C)cc2)cc1. The second kappa shape index (κ2) is 9.36. The molecule has 3 aromatic rings. The molecule has 1 unspecified atom stereocenters. The van der Waals surface area contributed by atoms with E-state index in [1.54, 1.807) is 0 Å². The molecule has 0 N–H and O–H groups in total. The van der Waals surface area contributed by atoms with E-state index in [0.717, 1.165) is 16.8 Å². The first kappa shape index (κ1) is 25.3. The third-order valence-electron chi connectivity index (χ3n) is 6.96. The molecule has 4 rings (SSSR count). The lowest BCUT2D eigenvalue weighted by atomic mass is 9.79. The number of benzene rings is 3. The van der Waals surface area contributed by atoms with Crippen molar-refractivity contribution in [2.45, 2.75) is 78.3 Å². The summed E-state index contributed by atoms with van der Waals surface area (Å²) in [4.78, 5) is 0. The number of rotatable bonds is 6. The lowest BCUT2D eigenvalue weighted by Crippen LogP contribution is -2.41. The lowest BCUT2D eigenvalue weighted by Gasteiger charge is -2.32. The van der Waals surface area contributed by atoms with Crippen LogP contribution < -0.4 is 14.9 Å². The zero-order valence-corrected chi connectivity index (χ0v) is 22.2. The molecular formula is C30H37BO4. The molecule has 4 nitrogen and oxygen atoms in total. The van der Waals surface area contributed by atoms with Crippen molar-refractivity contribution < 1.29 is 18.8 Å². The summed E-state index contributed by atoms with van der Waals surface area (Å²) in [6, 6.07) is 24.3. The normalized spacial score (nSPS) is 17.8. The number of hydrogen-bond donors (Lipinski definition) is 0. The van der Waals surface area contributed by atoms with Gasteiger partial charge in [-0.05, 0) is 75.3 Å². The Kier molecular flexibility index (Phi) is 6.78. The van der Waals surface area contributed by atoms with Crippen LogP contribution in [0.4, 0.5) is 0 Å². The summed E-state index contributed by atoms with van der Waals surface area (Å²) in [7, 11) is -0.404. The predicted octanol–water partition coefficient (Wildman–Crippen LogP) is 6.75. The van der Waals surface area contributed by atoms with Crippen molar-refractivity contribution in [3.63, 3.8) is 0 Å². The van der Waals surface area contributed by atoms with E-state index in [1.165, 1.54) is 11.1 Å². The first-order valence-corrected chi connectivity index (χ1v) is 12.3. The summed E-state index contributed by atoms with van der Waals surface area (Å²) in [5.74, 6) is 1.47. The molecule has 1 heterocycles. The molecule has 0 bridgehead atoms.